The van der Waals surface area contributed by atoms with Gasteiger partial charge in [-0.25, -0.2) is 0 Å². The predicted octanol–water partition coefficient (Wildman–Crippen LogP) is 3.66. The largest absolute Gasteiger partial charge is 0.460 e. The fourth-order valence-electron chi connectivity index (χ4n) is 2.89. The lowest BCUT2D eigenvalue weighted by Gasteiger charge is -2.27. The molecule has 1 aromatic carbocycles. The van der Waals surface area contributed by atoms with Crippen molar-refractivity contribution in [1.82, 2.24) is 0 Å². The van der Waals surface area contributed by atoms with Gasteiger partial charge in [-0.2, -0.15) is 0 Å². The molecule has 5 heteroatoms. The molecule has 5 nitrogen and oxygen atoms in total. The Morgan fingerprint density at radius 2 is 1.79 bits per heavy atom. The second-order valence-corrected chi connectivity index (χ2v) is 8.09. The molecule has 0 aliphatic heterocycles. The van der Waals surface area contributed by atoms with Crippen LogP contribution in [0.2, 0.25) is 0 Å². The SMILES string of the molecule is Cc1c(CCC(=O)OC(C)(C)C)ccc(C(N)=NO)c1C(C)(C)C. The molecule has 0 bridgehead atoms. The quantitative estimate of drug-likeness (QED) is 0.289. The summed E-state index contributed by atoms with van der Waals surface area (Å²) in [5, 5.41) is 12.2. The molecule has 0 spiro atoms. The monoisotopic (exact) mass is 334 g/mol. The van der Waals surface area contributed by atoms with Gasteiger partial charge in [0.25, 0.3) is 0 Å². The number of hydrogen-bond acceptors (Lipinski definition) is 4. The number of aryl methyl sites for hydroxylation is 1. The van der Waals surface area contributed by atoms with Gasteiger partial charge in [-0.15, -0.1) is 0 Å². The van der Waals surface area contributed by atoms with E-state index in [1.165, 1.54) is 0 Å². The highest BCUT2D eigenvalue weighted by atomic mass is 16.6. The van der Waals surface area contributed by atoms with Gasteiger partial charge in [-0.3, -0.25) is 4.79 Å². The molecule has 3 N–H and O–H groups in total. The van der Waals surface area contributed by atoms with Crippen molar-refractivity contribution in [3.8, 4) is 0 Å². The number of rotatable bonds is 4. The molecular formula is C19H30N2O3. The first-order chi connectivity index (χ1) is 10.9. The van der Waals surface area contributed by atoms with Crippen LogP contribution in [0.1, 0.15) is 70.2 Å². The second kappa shape index (κ2) is 7.24. The van der Waals surface area contributed by atoms with Gasteiger partial charge in [0.05, 0.1) is 0 Å². The van der Waals surface area contributed by atoms with E-state index in [-0.39, 0.29) is 17.2 Å². The number of hydrogen-bond donors (Lipinski definition) is 2. The summed E-state index contributed by atoms with van der Waals surface area (Å²) in [4.78, 5) is 12.0. The van der Waals surface area contributed by atoms with Gasteiger partial charge >= 0.3 is 5.97 Å². The van der Waals surface area contributed by atoms with E-state index in [1.807, 2.05) is 39.8 Å². The molecule has 0 saturated carbocycles. The van der Waals surface area contributed by atoms with Crippen LogP contribution in [0.4, 0.5) is 0 Å². The topological polar surface area (TPSA) is 84.9 Å². The van der Waals surface area contributed by atoms with Crippen LogP contribution in [-0.2, 0) is 21.4 Å². The highest BCUT2D eigenvalue weighted by Crippen LogP contribution is 2.31. The average Bonchev–Trinajstić information content (AvgIpc) is 2.41. The van der Waals surface area contributed by atoms with Crippen LogP contribution >= 0.6 is 0 Å². The van der Waals surface area contributed by atoms with Crippen LogP contribution in [0.3, 0.4) is 0 Å². The molecule has 0 aliphatic rings. The molecule has 0 aliphatic carbocycles. The third-order valence-electron chi connectivity index (χ3n) is 3.73. The molecule has 0 aromatic heterocycles. The zero-order valence-corrected chi connectivity index (χ0v) is 15.9. The van der Waals surface area contributed by atoms with Gasteiger partial charge in [0.1, 0.15) is 5.60 Å². The standard InChI is InChI=1S/C19H30N2O3/c1-12-13(9-11-15(22)24-19(5,6)7)8-10-14(17(20)21-23)16(12)18(2,3)4/h8,10,23H,9,11H2,1-7H3,(H2,20,21). The zero-order chi connectivity index (χ0) is 18.7. The first-order valence-electron chi connectivity index (χ1n) is 8.19. The van der Waals surface area contributed by atoms with Crippen molar-refractivity contribution in [2.75, 3.05) is 0 Å². The Kier molecular flexibility index (Phi) is 6.04. The van der Waals surface area contributed by atoms with E-state index in [4.69, 9.17) is 15.7 Å². The molecule has 1 aromatic rings. The highest BCUT2D eigenvalue weighted by molar-refractivity contribution is 5.99. The van der Waals surface area contributed by atoms with E-state index in [2.05, 4.69) is 25.9 Å². The number of benzene rings is 1. The Hall–Kier alpha value is -2.04. The van der Waals surface area contributed by atoms with Crippen LogP contribution < -0.4 is 5.73 Å². The van der Waals surface area contributed by atoms with Crippen LogP contribution in [0.15, 0.2) is 17.3 Å². The van der Waals surface area contributed by atoms with Crippen molar-refractivity contribution in [3.05, 3.63) is 34.4 Å². The Morgan fingerprint density at radius 3 is 2.25 bits per heavy atom. The molecule has 134 valence electrons. The fraction of sp³-hybridized carbons (Fsp3) is 0.579. The van der Waals surface area contributed by atoms with E-state index in [9.17, 15) is 4.79 Å². The molecule has 0 amide bonds. The van der Waals surface area contributed by atoms with E-state index >= 15 is 0 Å². The van der Waals surface area contributed by atoms with E-state index in [0.717, 1.165) is 22.3 Å². The predicted molar refractivity (Wildman–Crippen MR) is 96.6 cm³/mol. The number of carbonyl (C=O) groups excluding carboxylic acids is 1. The summed E-state index contributed by atoms with van der Waals surface area (Å²) in [5.41, 5.74) is 9.07. The van der Waals surface area contributed by atoms with Crippen molar-refractivity contribution < 1.29 is 14.7 Å². The Morgan fingerprint density at radius 1 is 1.21 bits per heavy atom. The van der Waals surface area contributed by atoms with E-state index in [0.29, 0.717) is 12.8 Å². The van der Waals surface area contributed by atoms with Gasteiger partial charge in [0, 0.05) is 12.0 Å². The summed E-state index contributed by atoms with van der Waals surface area (Å²) in [6, 6.07) is 3.79. The van der Waals surface area contributed by atoms with Gasteiger partial charge in [-0.1, -0.05) is 38.1 Å². The summed E-state index contributed by atoms with van der Waals surface area (Å²) < 4.78 is 5.37. The number of esters is 1. The summed E-state index contributed by atoms with van der Waals surface area (Å²) >= 11 is 0. The Balaban J connectivity index is 3.13. The number of amidine groups is 1. The van der Waals surface area contributed by atoms with Crippen LogP contribution in [0, 0.1) is 6.92 Å². The van der Waals surface area contributed by atoms with Crippen molar-refractivity contribution >= 4 is 11.8 Å². The smallest absolute Gasteiger partial charge is 0.306 e. The average molecular weight is 334 g/mol. The van der Waals surface area contributed by atoms with Crippen molar-refractivity contribution in [1.29, 1.82) is 0 Å². The molecule has 0 atom stereocenters. The molecule has 0 fully saturated rings. The maximum atomic E-state index is 12.0. The van der Waals surface area contributed by atoms with Crippen molar-refractivity contribution in [2.24, 2.45) is 10.9 Å². The molecule has 24 heavy (non-hydrogen) atoms. The second-order valence-electron chi connectivity index (χ2n) is 8.09. The van der Waals surface area contributed by atoms with Crippen LogP contribution in [0.25, 0.3) is 0 Å². The van der Waals surface area contributed by atoms with Gasteiger partial charge in [0.2, 0.25) is 0 Å². The fourth-order valence-corrected chi connectivity index (χ4v) is 2.89. The number of nitrogens with two attached hydrogens (primary N) is 1. The molecule has 0 unspecified atom stereocenters. The normalized spacial score (nSPS) is 13.0. The third-order valence-corrected chi connectivity index (χ3v) is 3.73. The summed E-state index contributed by atoms with van der Waals surface area (Å²) in [7, 11) is 0. The zero-order valence-electron chi connectivity index (χ0n) is 15.9. The number of ether oxygens (including phenoxy) is 1. The maximum absolute atomic E-state index is 12.0. The van der Waals surface area contributed by atoms with Gasteiger partial charge in [0.15, 0.2) is 5.84 Å². The van der Waals surface area contributed by atoms with Crippen LogP contribution in [0.5, 0.6) is 0 Å². The third kappa shape index (κ3) is 5.25. The molecule has 1 rings (SSSR count). The van der Waals surface area contributed by atoms with Crippen LogP contribution in [-0.4, -0.2) is 22.6 Å². The van der Waals surface area contributed by atoms with Gasteiger partial charge in [-0.05, 0) is 56.2 Å². The lowest BCUT2D eigenvalue weighted by atomic mass is 9.78. The first kappa shape index (κ1) is 20.0. The highest BCUT2D eigenvalue weighted by Gasteiger charge is 2.24. The van der Waals surface area contributed by atoms with Gasteiger partial charge < -0.3 is 15.7 Å². The minimum atomic E-state index is -0.474. The first-order valence-corrected chi connectivity index (χ1v) is 8.19. The lowest BCUT2D eigenvalue weighted by molar-refractivity contribution is -0.154. The Labute approximate surface area is 144 Å². The number of carbonyl (C=O) groups is 1. The van der Waals surface area contributed by atoms with Crippen molar-refractivity contribution in [3.63, 3.8) is 0 Å². The molecular weight excluding hydrogens is 304 g/mol. The lowest BCUT2D eigenvalue weighted by Crippen LogP contribution is -2.25. The summed E-state index contributed by atoms with van der Waals surface area (Å²) in [6.07, 6.45) is 0.922. The summed E-state index contributed by atoms with van der Waals surface area (Å²) in [5.74, 6) is -0.110. The number of oxime groups is 1. The summed E-state index contributed by atoms with van der Waals surface area (Å²) in [6.45, 7) is 13.8. The molecule has 0 saturated heterocycles. The Bertz CT molecular complexity index is 635. The minimum absolute atomic E-state index is 0.0988. The van der Waals surface area contributed by atoms with Crippen molar-refractivity contribution in [2.45, 2.75) is 72.3 Å². The maximum Gasteiger partial charge on any atom is 0.306 e. The number of nitrogens with zero attached hydrogens (tertiary/aromatic N) is 1. The molecule has 0 heterocycles. The van der Waals surface area contributed by atoms with E-state index in [1.54, 1.807) is 0 Å². The van der Waals surface area contributed by atoms with E-state index < -0.39 is 5.60 Å². The molecule has 0 radical (unpaired) electrons. The minimum Gasteiger partial charge on any atom is -0.460 e.